The van der Waals surface area contributed by atoms with Crippen molar-refractivity contribution in [1.29, 1.82) is 0 Å². The predicted octanol–water partition coefficient (Wildman–Crippen LogP) is 3.86. The van der Waals surface area contributed by atoms with Gasteiger partial charge in [0.05, 0.1) is 11.3 Å². The maximum absolute atomic E-state index is 13.2. The monoisotopic (exact) mass is 470 g/mol. The summed E-state index contributed by atoms with van der Waals surface area (Å²) < 4.78 is 45.7. The number of hydrogen-bond acceptors (Lipinski definition) is 5. The number of esters is 1. The number of anilines is 2. The number of likely N-dealkylation sites (N-methyl/N-ethyl adjacent to an activating group) is 1. The Bertz CT molecular complexity index is 1230. The summed E-state index contributed by atoms with van der Waals surface area (Å²) in [5.41, 5.74) is 0.694. The van der Waals surface area contributed by atoms with Crippen molar-refractivity contribution in [2.45, 2.75) is 11.8 Å². The summed E-state index contributed by atoms with van der Waals surface area (Å²) in [6, 6.07) is 19.4. The van der Waals surface area contributed by atoms with Crippen LogP contribution in [0.15, 0.2) is 83.8 Å². The number of benzene rings is 3. The third-order valence-electron chi connectivity index (χ3n) is 4.95. The van der Waals surface area contributed by atoms with Crippen LogP contribution in [0.3, 0.4) is 0 Å². The van der Waals surface area contributed by atoms with Crippen molar-refractivity contribution >= 4 is 33.3 Å². The van der Waals surface area contributed by atoms with Crippen molar-refractivity contribution in [1.82, 2.24) is 0 Å². The molecular weight excluding hydrogens is 447 g/mol. The van der Waals surface area contributed by atoms with Crippen molar-refractivity contribution in [2.75, 3.05) is 29.4 Å². The van der Waals surface area contributed by atoms with E-state index in [9.17, 15) is 22.4 Å². The topological polar surface area (TPSA) is 84.0 Å². The Labute approximate surface area is 192 Å². The standard InChI is InChI=1S/C24H23FN2O5S/c1-3-27(20-15-13-18(25)14-16-20)23(28)17-32-24(29)21-11-7-8-12-22(21)33(30,31)26(2)19-9-5-4-6-10-19/h4-16H,3,17H2,1-2H3. The van der Waals surface area contributed by atoms with Crippen LogP contribution in [-0.4, -0.2) is 40.5 Å². The highest BCUT2D eigenvalue weighted by Crippen LogP contribution is 2.25. The first-order chi connectivity index (χ1) is 15.8. The predicted molar refractivity (Wildman–Crippen MR) is 123 cm³/mol. The SMILES string of the molecule is CCN(C(=O)COC(=O)c1ccccc1S(=O)(=O)N(C)c1ccccc1)c1ccc(F)cc1. The smallest absolute Gasteiger partial charge is 0.340 e. The van der Waals surface area contributed by atoms with Gasteiger partial charge in [0.1, 0.15) is 10.7 Å². The van der Waals surface area contributed by atoms with Crippen LogP contribution in [0, 0.1) is 5.82 Å². The number of para-hydroxylation sites is 1. The molecule has 0 bridgehead atoms. The molecule has 0 radical (unpaired) electrons. The molecule has 0 fully saturated rings. The van der Waals surface area contributed by atoms with Gasteiger partial charge in [0.15, 0.2) is 6.61 Å². The van der Waals surface area contributed by atoms with Gasteiger partial charge in [0, 0.05) is 19.3 Å². The molecule has 0 atom stereocenters. The van der Waals surface area contributed by atoms with Crippen LogP contribution < -0.4 is 9.21 Å². The zero-order valence-electron chi connectivity index (χ0n) is 18.1. The Morgan fingerprint density at radius 2 is 1.48 bits per heavy atom. The molecule has 172 valence electrons. The fraction of sp³-hybridized carbons (Fsp3) is 0.167. The summed E-state index contributed by atoms with van der Waals surface area (Å²) >= 11 is 0. The lowest BCUT2D eigenvalue weighted by Gasteiger charge is -2.22. The molecular formula is C24H23FN2O5S. The largest absolute Gasteiger partial charge is 0.452 e. The second kappa shape index (κ2) is 10.3. The van der Waals surface area contributed by atoms with Crippen LogP contribution in [-0.2, 0) is 19.6 Å². The summed E-state index contributed by atoms with van der Waals surface area (Å²) in [6.45, 7) is 1.40. The number of ether oxygens (including phenoxy) is 1. The minimum atomic E-state index is -4.07. The summed E-state index contributed by atoms with van der Waals surface area (Å²) in [5.74, 6) is -1.91. The molecule has 3 aromatic carbocycles. The highest BCUT2D eigenvalue weighted by atomic mass is 32.2. The summed E-state index contributed by atoms with van der Waals surface area (Å²) in [7, 11) is -2.69. The van der Waals surface area contributed by atoms with Crippen LogP contribution >= 0.6 is 0 Å². The lowest BCUT2D eigenvalue weighted by Crippen LogP contribution is -2.35. The fourth-order valence-corrected chi connectivity index (χ4v) is 4.57. The lowest BCUT2D eigenvalue weighted by atomic mass is 10.2. The van der Waals surface area contributed by atoms with E-state index in [1.165, 1.54) is 60.5 Å². The average molecular weight is 471 g/mol. The molecule has 0 heterocycles. The quantitative estimate of drug-likeness (QED) is 0.467. The first kappa shape index (κ1) is 23.9. The number of carbonyl (C=O) groups is 2. The molecule has 0 aliphatic rings. The zero-order valence-corrected chi connectivity index (χ0v) is 19.0. The van der Waals surface area contributed by atoms with E-state index in [2.05, 4.69) is 0 Å². The Morgan fingerprint density at radius 3 is 2.12 bits per heavy atom. The van der Waals surface area contributed by atoms with E-state index in [4.69, 9.17) is 4.74 Å². The minimum Gasteiger partial charge on any atom is -0.452 e. The number of halogens is 1. The highest BCUT2D eigenvalue weighted by molar-refractivity contribution is 7.92. The maximum atomic E-state index is 13.2. The molecule has 0 unspecified atom stereocenters. The van der Waals surface area contributed by atoms with Crippen molar-refractivity contribution in [3.05, 3.63) is 90.2 Å². The van der Waals surface area contributed by atoms with Gasteiger partial charge >= 0.3 is 5.97 Å². The summed E-state index contributed by atoms with van der Waals surface area (Å²) in [5, 5.41) is 0. The van der Waals surface area contributed by atoms with Crippen LogP contribution in [0.2, 0.25) is 0 Å². The number of rotatable bonds is 8. The number of amides is 1. The Hall–Kier alpha value is -3.72. The zero-order chi connectivity index (χ0) is 24.0. The van der Waals surface area contributed by atoms with Gasteiger partial charge in [-0.3, -0.25) is 9.10 Å². The molecule has 1 amide bonds. The number of carbonyl (C=O) groups excluding carboxylic acids is 2. The van der Waals surface area contributed by atoms with E-state index in [0.29, 0.717) is 11.4 Å². The average Bonchev–Trinajstić information content (AvgIpc) is 2.84. The van der Waals surface area contributed by atoms with E-state index in [-0.39, 0.29) is 17.0 Å². The van der Waals surface area contributed by atoms with Crippen LogP contribution in [0.5, 0.6) is 0 Å². The minimum absolute atomic E-state index is 0.182. The van der Waals surface area contributed by atoms with Crippen LogP contribution in [0.4, 0.5) is 15.8 Å². The van der Waals surface area contributed by atoms with Gasteiger partial charge in [0.25, 0.3) is 15.9 Å². The van der Waals surface area contributed by atoms with Gasteiger partial charge in [-0.05, 0) is 55.5 Å². The first-order valence-electron chi connectivity index (χ1n) is 10.1. The molecule has 0 aromatic heterocycles. The van der Waals surface area contributed by atoms with Crippen molar-refractivity contribution in [3.63, 3.8) is 0 Å². The molecule has 0 saturated heterocycles. The molecule has 7 nitrogen and oxygen atoms in total. The molecule has 33 heavy (non-hydrogen) atoms. The Balaban J connectivity index is 1.78. The van der Waals surface area contributed by atoms with Gasteiger partial charge in [-0.25, -0.2) is 17.6 Å². The van der Waals surface area contributed by atoms with Gasteiger partial charge in [-0.15, -0.1) is 0 Å². The fourth-order valence-electron chi connectivity index (χ4n) is 3.19. The van der Waals surface area contributed by atoms with E-state index >= 15 is 0 Å². The van der Waals surface area contributed by atoms with E-state index < -0.39 is 34.3 Å². The normalized spacial score (nSPS) is 11.0. The van der Waals surface area contributed by atoms with E-state index in [1.807, 2.05) is 0 Å². The third kappa shape index (κ3) is 5.38. The summed E-state index contributed by atoms with van der Waals surface area (Å²) in [6.07, 6.45) is 0. The van der Waals surface area contributed by atoms with Crippen molar-refractivity contribution in [2.24, 2.45) is 0 Å². The summed E-state index contributed by atoms with van der Waals surface area (Å²) in [4.78, 5) is 26.4. The second-order valence-corrected chi connectivity index (χ2v) is 8.93. The van der Waals surface area contributed by atoms with Gasteiger partial charge < -0.3 is 9.64 Å². The second-order valence-electron chi connectivity index (χ2n) is 6.99. The molecule has 0 spiro atoms. The molecule has 3 rings (SSSR count). The number of nitrogens with zero attached hydrogens (tertiary/aromatic N) is 2. The number of hydrogen-bond donors (Lipinski definition) is 0. The first-order valence-corrected chi connectivity index (χ1v) is 11.6. The van der Waals surface area contributed by atoms with Crippen LogP contribution in [0.1, 0.15) is 17.3 Å². The van der Waals surface area contributed by atoms with Gasteiger partial charge in [0.2, 0.25) is 0 Å². The number of sulfonamides is 1. The van der Waals surface area contributed by atoms with Crippen molar-refractivity contribution < 1.29 is 27.1 Å². The molecule has 0 aliphatic heterocycles. The van der Waals surface area contributed by atoms with Gasteiger partial charge in [-0.2, -0.15) is 0 Å². The molecule has 0 aliphatic carbocycles. The Kier molecular flexibility index (Phi) is 7.44. The molecule has 0 N–H and O–H groups in total. The van der Waals surface area contributed by atoms with Gasteiger partial charge in [-0.1, -0.05) is 30.3 Å². The highest BCUT2D eigenvalue weighted by Gasteiger charge is 2.28. The molecule has 3 aromatic rings. The maximum Gasteiger partial charge on any atom is 0.340 e. The van der Waals surface area contributed by atoms with Crippen LogP contribution in [0.25, 0.3) is 0 Å². The molecule has 0 saturated carbocycles. The lowest BCUT2D eigenvalue weighted by molar-refractivity contribution is -0.121. The van der Waals surface area contributed by atoms with Crippen molar-refractivity contribution in [3.8, 4) is 0 Å². The third-order valence-corrected chi connectivity index (χ3v) is 6.79. The van der Waals surface area contributed by atoms with E-state index in [1.54, 1.807) is 37.3 Å². The van der Waals surface area contributed by atoms with E-state index in [0.717, 1.165) is 4.31 Å². The molecule has 9 heteroatoms. The Morgan fingerprint density at radius 1 is 0.879 bits per heavy atom.